The van der Waals surface area contributed by atoms with E-state index in [1.807, 2.05) is 49.4 Å². The third-order valence-electron chi connectivity index (χ3n) is 4.57. The fraction of sp³-hybridized carbons (Fsp3) is 0.208. The van der Waals surface area contributed by atoms with Crippen molar-refractivity contribution in [2.45, 2.75) is 26.0 Å². The van der Waals surface area contributed by atoms with Gasteiger partial charge in [0.15, 0.2) is 6.10 Å². The molecular formula is C24H25NO3. The van der Waals surface area contributed by atoms with Crippen LogP contribution in [0.25, 0.3) is 0 Å². The van der Waals surface area contributed by atoms with Crippen molar-refractivity contribution in [2.75, 3.05) is 7.11 Å². The molecule has 0 aliphatic heterocycles. The maximum absolute atomic E-state index is 12.8. The first kappa shape index (κ1) is 19.5. The Morgan fingerprint density at radius 2 is 1.39 bits per heavy atom. The van der Waals surface area contributed by atoms with Gasteiger partial charge in [0.2, 0.25) is 0 Å². The molecule has 3 aromatic carbocycles. The number of nitrogens with one attached hydrogen (secondary N) is 1. The average molecular weight is 375 g/mol. The summed E-state index contributed by atoms with van der Waals surface area (Å²) < 4.78 is 10.9. The lowest BCUT2D eigenvalue weighted by molar-refractivity contribution is -0.127. The van der Waals surface area contributed by atoms with E-state index in [4.69, 9.17) is 9.47 Å². The zero-order valence-electron chi connectivity index (χ0n) is 16.4. The van der Waals surface area contributed by atoms with Gasteiger partial charge in [-0.3, -0.25) is 4.79 Å². The molecule has 3 rings (SSSR count). The smallest absolute Gasteiger partial charge is 0.261 e. The molecule has 0 saturated carbocycles. The molecule has 0 unspecified atom stereocenters. The summed E-state index contributed by atoms with van der Waals surface area (Å²) in [5.41, 5.74) is 3.23. The standard InChI is InChI=1S/C24H25NO3/c1-17-9-11-20(12-10-17)23(19-7-5-4-6-8-19)25-24(26)18(2)28-22-15-13-21(27-3)14-16-22/h4-16,18,23H,1-3H3,(H,25,26)/t18-,23+/m0/s1. The Kier molecular flexibility index (Phi) is 6.33. The monoisotopic (exact) mass is 375 g/mol. The Bertz CT molecular complexity index is 889. The van der Waals surface area contributed by atoms with Gasteiger partial charge in [-0.25, -0.2) is 0 Å². The van der Waals surface area contributed by atoms with Gasteiger partial charge in [-0.05, 0) is 49.2 Å². The highest BCUT2D eigenvalue weighted by molar-refractivity contribution is 5.81. The number of carbonyl (C=O) groups is 1. The quantitative estimate of drug-likeness (QED) is 0.652. The number of ether oxygens (including phenoxy) is 2. The van der Waals surface area contributed by atoms with Gasteiger partial charge >= 0.3 is 0 Å². The molecule has 0 radical (unpaired) electrons. The number of rotatable bonds is 7. The van der Waals surface area contributed by atoms with Crippen molar-refractivity contribution in [3.8, 4) is 11.5 Å². The number of benzene rings is 3. The van der Waals surface area contributed by atoms with Crippen molar-refractivity contribution in [2.24, 2.45) is 0 Å². The molecule has 0 aliphatic rings. The predicted molar refractivity (Wildman–Crippen MR) is 111 cm³/mol. The largest absolute Gasteiger partial charge is 0.497 e. The number of hydrogen-bond acceptors (Lipinski definition) is 3. The molecule has 0 bridgehead atoms. The van der Waals surface area contributed by atoms with Gasteiger partial charge in [0.25, 0.3) is 5.91 Å². The molecule has 0 aromatic heterocycles. The van der Waals surface area contributed by atoms with Crippen LogP contribution in [0.2, 0.25) is 0 Å². The normalized spacial score (nSPS) is 12.7. The van der Waals surface area contributed by atoms with Crippen LogP contribution in [0.1, 0.15) is 29.7 Å². The van der Waals surface area contributed by atoms with Gasteiger partial charge in [-0.2, -0.15) is 0 Å². The predicted octanol–water partition coefficient (Wildman–Crippen LogP) is 4.68. The van der Waals surface area contributed by atoms with Gasteiger partial charge in [0.05, 0.1) is 13.2 Å². The Morgan fingerprint density at radius 3 is 2.00 bits per heavy atom. The zero-order chi connectivity index (χ0) is 19.9. The Balaban J connectivity index is 1.75. The van der Waals surface area contributed by atoms with E-state index >= 15 is 0 Å². The van der Waals surface area contributed by atoms with Crippen LogP contribution < -0.4 is 14.8 Å². The maximum atomic E-state index is 12.8. The summed E-state index contributed by atoms with van der Waals surface area (Å²) in [6.45, 7) is 3.79. The van der Waals surface area contributed by atoms with E-state index in [1.54, 1.807) is 38.3 Å². The molecule has 1 N–H and O–H groups in total. The van der Waals surface area contributed by atoms with Gasteiger partial charge < -0.3 is 14.8 Å². The van der Waals surface area contributed by atoms with E-state index in [0.717, 1.165) is 16.9 Å². The van der Waals surface area contributed by atoms with Gasteiger partial charge in [-0.15, -0.1) is 0 Å². The van der Waals surface area contributed by atoms with Gasteiger partial charge in [0.1, 0.15) is 11.5 Å². The molecular weight excluding hydrogens is 350 g/mol. The lowest BCUT2D eigenvalue weighted by atomic mass is 9.97. The highest BCUT2D eigenvalue weighted by Crippen LogP contribution is 2.23. The second-order valence-corrected chi connectivity index (χ2v) is 6.70. The SMILES string of the molecule is COc1ccc(O[C@@H](C)C(=O)N[C@H](c2ccccc2)c2ccc(C)cc2)cc1. The van der Waals surface area contributed by atoms with Crippen LogP contribution in [0, 0.1) is 6.92 Å². The minimum absolute atomic E-state index is 0.176. The van der Waals surface area contributed by atoms with Crippen molar-refractivity contribution >= 4 is 5.91 Å². The first-order valence-corrected chi connectivity index (χ1v) is 9.29. The number of methoxy groups -OCH3 is 1. The second kappa shape index (κ2) is 9.09. The molecule has 3 aromatic rings. The van der Waals surface area contributed by atoms with Crippen LogP contribution in [-0.4, -0.2) is 19.1 Å². The molecule has 0 spiro atoms. The third kappa shape index (κ3) is 4.92. The zero-order valence-corrected chi connectivity index (χ0v) is 16.4. The summed E-state index contributed by atoms with van der Waals surface area (Å²) in [6.07, 6.45) is -0.634. The van der Waals surface area contributed by atoms with E-state index in [-0.39, 0.29) is 11.9 Å². The minimum Gasteiger partial charge on any atom is -0.497 e. The van der Waals surface area contributed by atoms with Gasteiger partial charge in [-0.1, -0.05) is 60.2 Å². The summed E-state index contributed by atoms with van der Waals surface area (Å²) in [7, 11) is 1.61. The summed E-state index contributed by atoms with van der Waals surface area (Å²) in [4.78, 5) is 12.8. The first-order valence-electron chi connectivity index (χ1n) is 9.29. The summed E-state index contributed by atoms with van der Waals surface area (Å²) >= 11 is 0. The summed E-state index contributed by atoms with van der Waals surface area (Å²) in [5, 5.41) is 3.12. The topological polar surface area (TPSA) is 47.6 Å². The van der Waals surface area contributed by atoms with E-state index in [9.17, 15) is 4.79 Å². The molecule has 1 amide bonds. The summed E-state index contributed by atoms with van der Waals surface area (Å²) in [6, 6.07) is 25.1. The van der Waals surface area contributed by atoms with Crippen LogP contribution >= 0.6 is 0 Å². The molecule has 4 nitrogen and oxygen atoms in total. The lowest BCUT2D eigenvalue weighted by Gasteiger charge is -2.23. The number of amides is 1. The molecule has 4 heteroatoms. The lowest BCUT2D eigenvalue weighted by Crippen LogP contribution is -2.39. The molecule has 2 atom stereocenters. The van der Waals surface area contributed by atoms with Crippen molar-refractivity contribution in [1.82, 2.24) is 5.32 Å². The van der Waals surface area contributed by atoms with Crippen molar-refractivity contribution in [3.63, 3.8) is 0 Å². The van der Waals surface area contributed by atoms with Crippen molar-refractivity contribution in [3.05, 3.63) is 95.6 Å². The minimum atomic E-state index is -0.634. The molecule has 0 saturated heterocycles. The molecule has 0 aliphatic carbocycles. The number of hydrogen-bond donors (Lipinski definition) is 1. The molecule has 144 valence electrons. The maximum Gasteiger partial charge on any atom is 0.261 e. The van der Waals surface area contributed by atoms with E-state index in [0.29, 0.717) is 5.75 Å². The van der Waals surface area contributed by atoms with E-state index in [2.05, 4.69) is 17.4 Å². The van der Waals surface area contributed by atoms with Crippen molar-refractivity contribution < 1.29 is 14.3 Å². The number of carbonyl (C=O) groups excluding carboxylic acids is 1. The van der Waals surface area contributed by atoms with Crippen LogP contribution in [0.3, 0.4) is 0 Å². The molecule has 0 heterocycles. The fourth-order valence-corrected chi connectivity index (χ4v) is 2.94. The Hall–Kier alpha value is -3.27. The fourth-order valence-electron chi connectivity index (χ4n) is 2.94. The van der Waals surface area contributed by atoms with E-state index in [1.165, 1.54) is 5.56 Å². The van der Waals surface area contributed by atoms with Crippen LogP contribution in [-0.2, 0) is 4.79 Å². The van der Waals surface area contributed by atoms with Gasteiger partial charge in [0, 0.05) is 0 Å². The van der Waals surface area contributed by atoms with Crippen LogP contribution in [0.15, 0.2) is 78.9 Å². The average Bonchev–Trinajstić information content (AvgIpc) is 2.73. The van der Waals surface area contributed by atoms with Crippen molar-refractivity contribution in [1.29, 1.82) is 0 Å². The molecule has 0 fully saturated rings. The second-order valence-electron chi connectivity index (χ2n) is 6.70. The highest BCUT2D eigenvalue weighted by Gasteiger charge is 2.21. The van der Waals surface area contributed by atoms with Crippen LogP contribution in [0.5, 0.6) is 11.5 Å². The van der Waals surface area contributed by atoms with Crippen LogP contribution in [0.4, 0.5) is 0 Å². The first-order chi connectivity index (χ1) is 13.6. The Labute approximate surface area is 166 Å². The third-order valence-corrected chi connectivity index (χ3v) is 4.57. The molecule has 28 heavy (non-hydrogen) atoms. The Morgan fingerprint density at radius 1 is 0.821 bits per heavy atom. The summed E-state index contributed by atoms with van der Waals surface area (Å²) in [5.74, 6) is 1.19. The van der Waals surface area contributed by atoms with E-state index < -0.39 is 6.10 Å². The highest BCUT2D eigenvalue weighted by atomic mass is 16.5. The number of aryl methyl sites for hydroxylation is 1.